The van der Waals surface area contributed by atoms with Gasteiger partial charge >= 0.3 is 171 Å². The van der Waals surface area contributed by atoms with Gasteiger partial charge in [-0.05, 0) is 0 Å². The molecular weight excluding hydrogens is 479 g/mol. The molecule has 144 valence electrons. The standard InChI is InChI=1S/C27H24As.BrH/c1-5-14-24(15-6-1)16-13-23-28(25-17-7-2-8-18-25,26-19-9-3-10-20-26)27-21-11-4-12-22-27;/h1-22H,23H2;1H/q+1;/p-1/b16-13+;. The topological polar surface area (TPSA) is 0 Å². The van der Waals surface area contributed by atoms with E-state index < -0.39 is 13.6 Å². The molecule has 0 saturated heterocycles. The molecule has 0 atom stereocenters. The van der Waals surface area contributed by atoms with E-state index in [2.05, 4.69) is 133 Å². The van der Waals surface area contributed by atoms with Crippen molar-refractivity contribution >= 4 is 32.7 Å². The fourth-order valence-corrected chi connectivity index (χ4v) is 12.1. The van der Waals surface area contributed by atoms with Gasteiger partial charge in [0.25, 0.3) is 0 Å². The summed E-state index contributed by atoms with van der Waals surface area (Å²) in [5.74, 6) is 0. The monoisotopic (exact) mass is 502 g/mol. The van der Waals surface area contributed by atoms with Crippen molar-refractivity contribution in [3.8, 4) is 0 Å². The van der Waals surface area contributed by atoms with E-state index in [-0.39, 0.29) is 17.0 Å². The van der Waals surface area contributed by atoms with E-state index in [1.54, 1.807) is 0 Å². The quantitative estimate of drug-likeness (QED) is 0.353. The normalized spacial score (nSPS) is 11.2. The van der Waals surface area contributed by atoms with E-state index in [0.29, 0.717) is 0 Å². The molecular formula is C27H24AsBr. The molecule has 2 heteroatoms. The Balaban J connectivity index is 0.00000240. The molecule has 0 bridgehead atoms. The molecule has 4 rings (SSSR count). The number of hydrogen-bond acceptors (Lipinski definition) is 0. The van der Waals surface area contributed by atoms with Crippen LogP contribution in [0, 0.1) is 0 Å². The summed E-state index contributed by atoms with van der Waals surface area (Å²) in [4.78, 5) is 0. The molecule has 0 N–H and O–H groups in total. The smallest absolute Gasteiger partial charge is 1.00 e. The van der Waals surface area contributed by atoms with Crippen LogP contribution in [-0.2, 0) is 0 Å². The van der Waals surface area contributed by atoms with Crippen LogP contribution < -0.4 is 30.0 Å². The van der Waals surface area contributed by atoms with E-state index in [0.717, 1.165) is 5.21 Å². The number of hydrogen-bond donors (Lipinski definition) is 0. The maximum atomic E-state index is 2.38. The molecule has 29 heavy (non-hydrogen) atoms. The van der Waals surface area contributed by atoms with E-state index in [1.807, 2.05) is 0 Å². The summed E-state index contributed by atoms with van der Waals surface area (Å²) < 4.78 is 4.45. The van der Waals surface area contributed by atoms with Crippen molar-refractivity contribution < 1.29 is 17.0 Å². The first-order valence-corrected chi connectivity index (χ1v) is 13.8. The Hall–Kier alpha value is -2.34. The van der Waals surface area contributed by atoms with Crippen LogP contribution in [0.2, 0.25) is 5.21 Å². The van der Waals surface area contributed by atoms with Crippen molar-refractivity contribution in [1.82, 2.24) is 0 Å². The molecule has 0 aromatic heterocycles. The minimum absolute atomic E-state index is 0. The molecule has 0 spiro atoms. The van der Waals surface area contributed by atoms with E-state index in [4.69, 9.17) is 0 Å². The van der Waals surface area contributed by atoms with Gasteiger partial charge in [-0.1, -0.05) is 0 Å². The molecule has 0 saturated carbocycles. The Bertz CT molecular complexity index is 916. The molecule has 4 aromatic rings. The number of halogens is 1. The summed E-state index contributed by atoms with van der Waals surface area (Å²) >= 11 is -2.62. The van der Waals surface area contributed by atoms with Crippen molar-refractivity contribution in [2.75, 3.05) is 0 Å². The first kappa shape index (κ1) is 21.4. The average molecular weight is 503 g/mol. The minimum Gasteiger partial charge on any atom is -1.00 e. The molecule has 0 aliphatic heterocycles. The third kappa shape index (κ3) is 4.81. The number of rotatable bonds is 6. The summed E-state index contributed by atoms with van der Waals surface area (Å²) in [6.07, 6.45) is 4.65. The van der Waals surface area contributed by atoms with Crippen LogP contribution in [0.15, 0.2) is 127 Å². The van der Waals surface area contributed by atoms with Crippen LogP contribution in [0.4, 0.5) is 0 Å². The molecule has 0 fully saturated rings. The van der Waals surface area contributed by atoms with Crippen molar-refractivity contribution in [3.05, 3.63) is 133 Å². The van der Waals surface area contributed by atoms with Gasteiger partial charge in [0.1, 0.15) is 0 Å². The van der Waals surface area contributed by atoms with Gasteiger partial charge in [0.05, 0.1) is 0 Å². The third-order valence-corrected chi connectivity index (χ3v) is 14.1. The Kier molecular flexibility index (Phi) is 7.69. The van der Waals surface area contributed by atoms with Gasteiger partial charge in [0.15, 0.2) is 0 Å². The minimum atomic E-state index is -2.62. The summed E-state index contributed by atoms with van der Waals surface area (Å²) in [5, 5.41) is 1.06. The second kappa shape index (κ2) is 10.4. The molecule has 4 aromatic carbocycles. The van der Waals surface area contributed by atoms with Crippen molar-refractivity contribution in [3.63, 3.8) is 0 Å². The second-order valence-corrected chi connectivity index (χ2v) is 14.2. The van der Waals surface area contributed by atoms with Crippen molar-refractivity contribution in [1.29, 1.82) is 0 Å². The predicted molar refractivity (Wildman–Crippen MR) is 124 cm³/mol. The van der Waals surface area contributed by atoms with E-state index in [1.165, 1.54) is 18.6 Å². The molecule has 0 radical (unpaired) electrons. The van der Waals surface area contributed by atoms with Crippen LogP contribution in [0.3, 0.4) is 0 Å². The Morgan fingerprint density at radius 1 is 0.483 bits per heavy atom. The van der Waals surface area contributed by atoms with Crippen LogP contribution in [0.5, 0.6) is 0 Å². The third-order valence-electron chi connectivity index (χ3n) is 5.08. The largest absolute Gasteiger partial charge is 1.00 e. The van der Waals surface area contributed by atoms with Gasteiger partial charge in [-0.15, -0.1) is 0 Å². The van der Waals surface area contributed by atoms with E-state index in [9.17, 15) is 0 Å². The van der Waals surface area contributed by atoms with Crippen molar-refractivity contribution in [2.24, 2.45) is 0 Å². The Morgan fingerprint density at radius 3 is 1.21 bits per heavy atom. The Labute approximate surface area is 187 Å². The van der Waals surface area contributed by atoms with Crippen LogP contribution in [-0.4, -0.2) is 13.6 Å². The number of allylic oxidation sites excluding steroid dienone is 1. The zero-order valence-electron chi connectivity index (χ0n) is 16.2. The summed E-state index contributed by atoms with van der Waals surface area (Å²) in [5.41, 5.74) is 1.25. The van der Waals surface area contributed by atoms with Gasteiger partial charge in [-0.2, -0.15) is 0 Å². The molecule has 0 nitrogen and oxygen atoms in total. The van der Waals surface area contributed by atoms with E-state index >= 15 is 0 Å². The van der Waals surface area contributed by atoms with Crippen LogP contribution in [0.25, 0.3) is 6.08 Å². The first-order chi connectivity index (χ1) is 13.9. The first-order valence-electron chi connectivity index (χ1n) is 9.66. The maximum Gasteiger partial charge on any atom is -1.00 e. The summed E-state index contributed by atoms with van der Waals surface area (Å²) in [6, 6.07) is 43.9. The maximum absolute atomic E-state index is 2.62. The zero-order chi connectivity index (χ0) is 19.1. The fraction of sp³-hybridized carbons (Fsp3) is 0.0370. The second-order valence-electron chi connectivity index (χ2n) is 6.81. The number of benzene rings is 4. The SMILES string of the molecule is C(=C\c1ccccc1)/C[As+](c1ccccc1)(c1ccccc1)c1ccccc1.[Br-]. The molecule has 0 amide bonds. The van der Waals surface area contributed by atoms with Gasteiger partial charge < -0.3 is 17.0 Å². The van der Waals surface area contributed by atoms with Crippen molar-refractivity contribution in [2.45, 2.75) is 5.21 Å². The molecule has 0 unspecified atom stereocenters. The fourth-order valence-electron chi connectivity index (χ4n) is 3.72. The van der Waals surface area contributed by atoms with Gasteiger partial charge in [-0.3, -0.25) is 0 Å². The summed E-state index contributed by atoms with van der Waals surface area (Å²) in [6.45, 7) is 0. The molecule has 0 aliphatic carbocycles. The van der Waals surface area contributed by atoms with Crippen LogP contribution in [0.1, 0.15) is 5.56 Å². The van der Waals surface area contributed by atoms with Gasteiger partial charge in [-0.25, -0.2) is 0 Å². The predicted octanol–water partition coefficient (Wildman–Crippen LogP) is 1.87. The van der Waals surface area contributed by atoms with Gasteiger partial charge in [0, 0.05) is 0 Å². The molecule has 0 aliphatic rings. The zero-order valence-corrected chi connectivity index (χ0v) is 19.7. The Morgan fingerprint density at radius 2 is 0.828 bits per heavy atom. The van der Waals surface area contributed by atoms with Gasteiger partial charge in [0.2, 0.25) is 0 Å². The summed E-state index contributed by atoms with van der Waals surface area (Å²) in [7, 11) is 0. The van der Waals surface area contributed by atoms with Crippen LogP contribution >= 0.6 is 0 Å². The molecule has 0 heterocycles. The average Bonchev–Trinajstić information content (AvgIpc) is 2.79.